The number of carbonyl (C=O) groups is 1. The molecule has 0 unspecified atom stereocenters. The first-order chi connectivity index (χ1) is 7.04. The van der Waals surface area contributed by atoms with Crippen LogP contribution in [0.1, 0.15) is 18.9 Å². The van der Waals surface area contributed by atoms with Crippen LogP contribution in [0, 0.1) is 15.9 Å². The van der Waals surface area contributed by atoms with Gasteiger partial charge in [-0.25, -0.2) is 4.39 Å². The molecule has 0 aliphatic heterocycles. The number of nitro groups is 1. The van der Waals surface area contributed by atoms with Gasteiger partial charge in [0, 0.05) is 18.9 Å². The number of carbonyl (C=O) groups excluding carboxylic acids is 1. The summed E-state index contributed by atoms with van der Waals surface area (Å²) >= 11 is 0. The molecular formula is C10H10FNO3. The lowest BCUT2D eigenvalue weighted by atomic mass is 10.1. The highest BCUT2D eigenvalue weighted by molar-refractivity contribution is 5.80. The maximum Gasteiger partial charge on any atom is 0.272 e. The third-order valence-corrected chi connectivity index (χ3v) is 2.03. The van der Waals surface area contributed by atoms with Gasteiger partial charge < -0.3 is 0 Å². The van der Waals surface area contributed by atoms with Gasteiger partial charge in [-0.05, 0) is 11.6 Å². The predicted octanol–water partition coefficient (Wildman–Crippen LogP) is 2.26. The van der Waals surface area contributed by atoms with Gasteiger partial charge >= 0.3 is 0 Å². The molecule has 0 fully saturated rings. The summed E-state index contributed by atoms with van der Waals surface area (Å²) in [5.74, 6) is -0.797. The van der Waals surface area contributed by atoms with E-state index in [1.54, 1.807) is 6.92 Å². The molecule has 0 spiro atoms. The van der Waals surface area contributed by atoms with Crippen LogP contribution < -0.4 is 0 Å². The van der Waals surface area contributed by atoms with Crippen molar-refractivity contribution in [3.8, 4) is 0 Å². The van der Waals surface area contributed by atoms with Gasteiger partial charge in [-0.2, -0.15) is 0 Å². The highest BCUT2D eigenvalue weighted by Gasteiger charge is 2.12. The summed E-state index contributed by atoms with van der Waals surface area (Å²) in [7, 11) is 0. The van der Waals surface area contributed by atoms with Gasteiger partial charge in [0.2, 0.25) is 0 Å². The maximum atomic E-state index is 13.3. The minimum absolute atomic E-state index is 0.0136. The number of non-ortho nitro benzene ring substituents is 1. The van der Waals surface area contributed by atoms with E-state index in [0.29, 0.717) is 6.42 Å². The van der Waals surface area contributed by atoms with Crippen LogP contribution >= 0.6 is 0 Å². The lowest BCUT2D eigenvalue weighted by Crippen LogP contribution is -2.03. The molecule has 0 N–H and O–H groups in total. The van der Waals surface area contributed by atoms with Crippen molar-refractivity contribution in [2.45, 2.75) is 19.8 Å². The van der Waals surface area contributed by atoms with E-state index in [4.69, 9.17) is 0 Å². The van der Waals surface area contributed by atoms with Crippen molar-refractivity contribution in [1.82, 2.24) is 0 Å². The van der Waals surface area contributed by atoms with Gasteiger partial charge in [0.1, 0.15) is 11.6 Å². The molecule has 1 rings (SSSR count). The third-order valence-electron chi connectivity index (χ3n) is 2.03. The number of nitrogens with zero attached hydrogens (tertiary/aromatic N) is 1. The summed E-state index contributed by atoms with van der Waals surface area (Å²) in [5, 5.41) is 10.3. The molecule has 0 amide bonds. The zero-order valence-corrected chi connectivity index (χ0v) is 8.20. The van der Waals surface area contributed by atoms with Gasteiger partial charge in [-0.3, -0.25) is 14.9 Å². The summed E-state index contributed by atoms with van der Waals surface area (Å²) in [6, 6.07) is 3.31. The van der Waals surface area contributed by atoms with E-state index in [-0.39, 0.29) is 23.5 Å². The highest BCUT2D eigenvalue weighted by atomic mass is 19.1. The van der Waals surface area contributed by atoms with Crippen LogP contribution in [0.2, 0.25) is 0 Å². The summed E-state index contributed by atoms with van der Waals surface area (Å²) < 4.78 is 13.3. The fourth-order valence-electron chi connectivity index (χ4n) is 1.13. The number of benzene rings is 1. The van der Waals surface area contributed by atoms with E-state index >= 15 is 0 Å². The second-order valence-electron chi connectivity index (χ2n) is 3.10. The van der Waals surface area contributed by atoms with E-state index in [9.17, 15) is 19.3 Å². The zero-order chi connectivity index (χ0) is 11.4. The van der Waals surface area contributed by atoms with Crippen LogP contribution in [0.4, 0.5) is 10.1 Å². The van der Waals surface area contributed by atoms with Crippen molar-refractivity contribution in [3.05, 3.63) is 39.7 Å². The molecule has 0 saturated carbocycles. The average molecular weight is 211 g/mol. The Morgan fingerprint density at radius 1 is 1.53 bits per heavy atom. The van der Waals surface area contributed by atoms with Crippen LogP contribution in [-0.4, -0.2) is 10.7 Å². The number of rotatable bonds is 4. The van der Waals surface area contributed by atoms with Gasteiger partial charge in [0.05, 0.1) is 11.0 Å². The summed E-state index contributed by atoms with van der Waals surface area (Å²) in [6.07, 6.45) is 0.316. The average Bonchev–Trinajstić information content (AvgIpc) is 2.20. The minimum Gasteiger partial charge on any atom is -0.299 e. The van der Waals surface area contributed by atoms with Crippen LogP contribution in [0.25, 0.3) is 0 Å². The molecular weight excluding hydrogens is 201 g/mol. The second-order valence-corrected chi connectivity index (χ2v) is 3.10. The molecule has 0 aromatic heterocycles. The number of nitro benzene ring substituents is 1. The molecule has 0 aliphatic carbocycles. The Bertz CT molecular complexity index is 404. The van der Waals surface area contributed by atoms with Crippen molar-refractivity contribution < 1.29 is 14.1 Å². The molecule has 4 nitrogen and oxygen atoms in total. The number of ketones is 1. The Labute approximate surface area is 85.9 Å². The smallest absolute Gasteiger partial charge is 0.272 e. The Kier molecular flexibility index (Phi) is 3.49. The van der Waals surface area contributed by atoms with E-state index in [0.717, 1.165) is 6.07 Å². The van der Waals surface area contributed by atoms with Crippen molar-refractivity contribution in [2.75, 3.05) is 0 Å². The van der Waals surface area contributed by atoms with E-state index in [2.05, 4.69) is 0 Å². The molecule has 0 radical (unpaired) electrons. The minimum atomic E-state index is -0.703. The Morgan fingerprint density at radius 3 is 2.67 bits per heavy atom. The SMILES string of the molecule is CCC(=O)Cc1ccc([N+](=O)[O-])cc1F. The normalized spacial score (nSPS) is 10.0. The second kappa shape index (κ2) is 4.63. The van der Waals surface area contributed by atoms with Gasteiger partial charge in [-0.1, -0.05) is 6.92 Å². The summed E-state index contributed by atoms with van der Waals surface area (Å²) in [5.41, 5.74) is -0.104. The number of halogens is 1. The summed E-state index contributed by atoms with van der Waals surface area (Å²) in [6.45, 7) is 1.69. The van der Waals surface area contributed by atoms with Crippen LogP contribution in [0.3, 0.4) is 0 Å². The number of Topliss-reactive ketones (excluding diaryl/α,β-unsaturated/α-hetero) is 1. The topological polar surface area (TPSA) is 60.2 Å². The first-order valence-electron chi connectivity index (χ1n) is 4.49. The molecule has 5 heteroatoms. The van der Waals surface area contributed by atoms with Crippen LogP contribution in [0.5, 0.6) is 0 Å². The highest BCUT2D eigenvalue weighted by Crippen LogP contribution is 2.17. The Hall–Kier alpha value is -1.78. The molecule has 80 valence electrons. The molecule has 1 aromatic carbocycles. The van der Waals surface area contributed by atoms with Gasteiger partial charge in [0.25, 0.3) is 5.69 Å². The quantitative estimate of drug-likeness (QED) is 0.566. The predicted molar refractivity (Wildman–Crippen MR) is 52.1 cm³/mol. The standard InChI is InChI=1S/C10H10FNO3/c1-2-9(13)5-7-3-4-8(12(14)15)6-10(7)11/h3-4,6H,2,5H2,1H3. The molecule has 0 aliphatic rings. The fraction of sp³-hybridized carbons (Fsp3) is 0.300. The van der Waals surface area contributed by atoms with Crippen molar-refractivity contribution >= 4 is 11.5 Å². The zero-order valence-electron chi connectivity index (χ0n) is 8.20. The van der Waals surface area contributed by atoms with Gasteiger partial charge in [0.15, 0.2) is 0 Å². The van der Waals surface area contributed by atoms with Crippen molar-refractivity contribution in [2.24, 2.45) is 0 Å². The molecule has 0 bridgehead atoms. The Balaban J connectivity index is 2.93. The maximum absolute atomic E-state index is 13.3. The first-order valence-corrected chi connectivity index (χ1v) is 4.49. The number of hydrogen-bond donors (Lipinski definition) is 0. The third kappa shape index (κ3) is 2.83. The van der Waals surface area contributed by atoms with Crippen molar-refractivity contribution in [3.63, 3.8) is 0 Å². The molecule has 15 heavy (non-hydrogen) atoms. The lowest BCUT2D eigenvalue weighted by Gasteiger charge is -2.00. The number of hydrogen-bond acceptors (Lipinski definition) is 3. The van der Waals surface area contributed by atoms with E-state index in [1.165, 1.54) is 12.1 Å². The molecule has 0 atom stereocenters. The molecule has 1 aromatic rings. The van der Waals surface area contributed by atoms with Crippen molar-refractivity contribution in [1.29, 1.82) is 0 Å². The van der Waals surface area contributed by atoms with E-state index in [1.807, 2.05) is 0 Å². The largest absolute Gasteiger partial charge is 0.299 e. The van der Waals surface area contributed by atoms with Gasteiger partial charge in [-0.15, -0.1) is 0 Å². The van der Waals surface area contributed by atoms with Crippen LogP contribution in [-0.2, 0) is 11.2 Å². The lowest BCUT2D eigenvalue weighted by molar-refractivity contribution is -0.385. The molecule has 0 saturated heterocycles. The molecule has 0 heterocycles. The fourth-order valence-corrected chi connectivity index (χ4v) is 1.13. The van der Waals surface area contributed by atoms with Crippen LogP contribution in [0.15, 0.2) is 18.2 Å². The van der Waals surface area contributed by atoms with E-state index < -0.39 is 10.7 Å². The summed E-state index contributed by atoms with van der Waals surface area (Å²) in [4.78, 5) is 20.7. The monoisotopic (exact) mass is 211 g/mol. The Morgan fingerprint density at radius 2 is 2.20 bits per heavy atom. The first kappa shape index (κ1) is 11.3.